The third-order valence-corrected chi connectivity index (χ3v) is 3.25. The molecule has 0 saturated heterocycles. The Kier molecular flexibility index (Phi) is 5.68. The number of alkyl halides is 1. The average Bonchev–Trinajstić information content (AvgIpc) is 2.19. The molecule has 1 aromatic rings. The van der Waals surface area contributed by atoms with Crippen LogP contribution in [0.1, 0.15) is 12.8 Å². The van der Waals surface area contributed by atoms with Crippen molar-refractivity contribution in [1.82, 2.24) is 0 Å². The zero-order valence-corrected chi connectivity index (χ0v) is 10.7. The Hall–Kier alpha value is 0.0800. The summed E-state index contributed by atoms with van der Waals surface area (Å²) in [5.74, 6) is 1.39. The molecule has 14 heavy (non-hydrogen) atoms. The van der Waals surface area contributed by atoms with E-state index in [9.17, 15) is 0 Å². The van der Waals surface area contributed by atoms with Crippen LogP contribution in [0.25, 0.3) is 0 Å². The molecule has 0 aromatic heterocycles. The van der Waals surface area contributed by atoms with Gasteiger partial charge in [-0.25, -0.2) is 0 Å². The average molecular weight is 298 g/mol. The van der Waals surface area contributed by atoms with Gasteiger partial charge in [-0.1, -0.05) is 17.7 Å². The lowest BCUT2D eigenvalue weighted by Crippen LogP contribution is -1.98. The van der Waals surface area contributed by atoms with Crippen LogP contribution in [-0.2, 0) is 0 Å². The number of unbranched alkanes of at least 4 members (excludes halogenated alkanes) is 1. The van der Waals surface area contributed by atoms with Crippen LogP contribution in [0.4, 0.5) is 0 Å². The van der Waals surface area contributed by atoms with Crippen LogP contribution in [-0.4, -0.2) is 12.5 Å². The second kappa shape index (κ2) is 6.54. The van der Waals surface area contributed by atoms with E-state index in [1.807, 2.05) is 18.2 Å². The van der Waals surface area contributed by atoms with Crippen molar-refractivity contribution in [3.8, 4) is 5.75 Å². The van der Waals surface area contributed by atoms with E-state index >= 15 is 0 Å². The molecule has 0 unspecified atom stereocenters. The van der Waals surface area contributed by atoms with Crippen LogP contribution < -0.4 is 4.74 Å². The number of hydrogen-bond donors (Lipinski definition) is 0. The largest absolute Gasteiger partial charge is 0.492 e. The molecule has 0 spiro atoms. The van der Waals surface area contributed by atoms with E-state index < -0.39 is 0 Å². The van der Waals surface area contributed by atoms with E-state index in [0.717, 1.165) is 23.1 Å². The molecule has 0 saturated carbocycles. The third kappa shape index (κ3) is 3.68. The summed E-state index contributed by atoms with van der Waals surface area (Å²) in [6.45, 7) is 0.656. The van der Waals surface area contributed by atoms with Gasteiger partial charge in [0, 0.05) is 10.4 Å². The predicted octanol–water partition coefficient (Wildman–Crippen LogP) is 4.50. The standard InChI is InChI=1S/C10H11BrCl2O/c11-8-4-3-5-9(10(8)13)14-7-2-1-6-12/h3-5H,1-2,6-7H2. The minimum atomic E-state index is 0.623. The van der Waals surface area contributed by atoms with Gasteiger partial charge in [-0.3, -0.25) is 0 Å². The fraction of sp³-hybridized carbons (Fsp3) is 0.400. The van der Waals surface area contributed by atoms with E-state index in [4.69, 9.17) is 27.9 Å². The van der Waals surface area contributed by atoms with Crippen LogP contribution in [0.15, 0.2) is 22.7 Å². The Morgan fingerprint density at radius 3 is 2.79 bits per heavy atom. The zero-order valence-electron chi connectivity index (χ0n) is 7.60. The van der Waals surface area contributed by atoms with Gasteiger partial charge >= 0.3 is 0 Å². The summed E-state index contributed by atoms with van der Waals surface area (Å²) in [6, 6.07) is 5.63. The Morgan fingerprint density at radius 2 is 2.07 bits per heavy atom. The van der Waals surface area contributed by atoms with Gasteiger partial charge in [-0.2, -0.15) is 0 Å². The third-order valence-electron chi connectivity index (χ3n) is 1.70. The molecular formula is C10H11BrCl2O. The Morgan fingerprint density at radius 1 is 1.29 bits per heavy atom. The van der Waals surface area contributed by atoms with Crippen molar-refractivity contribution in [2.24, 2.45) is 0 Å². The molecular weight excluding hydrogens is 287 g/mol. The molecule has 0 heterocycles. The number of ether oxygens (including phenoxy) is 1. The SMILES string of the molecule is ClCCCCOc1cccc(Br)c1Cl. The molecule has 1 aromatic carbocycles. The van der Waals surface area contributed by atoms with Crippen molar-refractivity contribution in [2.45, 2.75) is 12.8 Å². The molecule has 78 valence electrons. The smallest absolute Gasteiger partial charge is 0.139 e. The van der Waals surface area contributed by atoms with Crippen molar-refractivity contribution in [3.05, 3.63) is 27.7 Å². The van der Waals surface area contributed by atoms with Gasteiger partial charge in [0.2, 0.25) is 0 Å². The highest BCUT2D eigenvalue weighted by atomic mass is 79.9. The van der Waals surface area contributed by atoms with Gasteiger partial charge < -0.3 is 4.74 Å². The minimum absolute atomic E-state index is 0.623. The van der Waals surface area contributed by atoms with Crippen LogP contribution in [0, 0.1) is 0 Å². The maximum Gasteiger partial charge on any atom is 0.139 e. The van der Waals surface area contributed by atoms with Crippen LogP contribution in [0.3, 0.4) is 0 Å². The second-order valence-electron chi connectivity index (χ2n) is 2.80. The summed E-state index contributed by atoms with van der Waals surface area (Å²) in [5, 5.41) is 0.623. The van der Waals surface area contributed by atoms with Gasteiger partial charge in [0.15, 0.2) is 0 Å². The predicted molar refractivity (Wildman–Crippen MR) is 64.6 cm³/mol. The molecule has 0 radical (unpaired) electrons. The maximum absolute atomic E-state index is 6.01. The highest BCUT2D eigenvalue weighted by Gasteiger charge is 2.03. The summed E-state index contributed by atoms with van der Waals surface area (Å²) in [7, 11) is 0. The molecule has 0 atom stereocenters. The Balaban J connectivity index is 2.46. The molecule has 0 aliphatic rings. The molecule has 0 fully saturated rings. The molecule has 0 bridgehead atoms. The highest BCUT2D eigenvalue weighted by Crippen LogP contribution is 2.31. The zero-order chi connectivity index (χ0) is 10.4. The molecule has 1 rings (SSSR count). The number of hydrogen-bond acceptors (Lipinski definition) is 1. The first kappa shape index (κ1) is 12.2. The van der Waals surface area contributed by atoms with E-state index in [1.54, 1.807) is 0 Å². The first-order chi connectivity index (χ1) is 6.75. The topological polar surface area (TPSA) is 9.23 Å². The van der Waals surface area contributed by atoms with Gasteiger partial charge in [0.05, 0.1) is 11.6 Å². The molecule has 1 nitrogen and oxygen atoms in total. The number of rotatable bonds is 5. The quantitative estimate of drug-likeness (QED) is 0.574. The van der Waals surface area contributed by atoms with Crippen molar-refractivity contribution >= 4 is 39.1 Å². The van der Waals surface area contributed by atoms with Crippen molar-refractivity contribution in [3.63, 3.8) is 0 Å². The van der Waals surface area contributed by atoms with Crippen LogP contribution >= 0.6 is 39.1 Å². The fourth-order valence-electron chi connectivity index (χ4n) is 0.974. The molecule has 0 N–H and O–H groups in total. The van der Waals surface area contributed by atoms with E-state index in [2.05, 4.69) is 15.9 Å². The lowest BCUT2D eigenvalue weighted by Gasteiger charge is -2.07. The lowest BCUT2D eigenvalue weighted by molar-refractivity contribution is 0.309. The second-order valence-corrected chi connectivity index (χ2v) is 4.41. The summed E-state index contributed by atoms with van der Waals surface area (Å²) < 4.78 is 6.35. The summed E-state index contributed by atoms with van der Waals surface area (Å²) in [4.78, 5) is 0. The first-order valence-electron chi connectivity index (χ1n) is 4.38. The number of benzene rings is 1. The number of halogens is 3. The van der Waals surface area contributed by atoms with Gasteiger partial charge in [-0.15, -0.1) is 11.6 Å². The first-order valence-corrected chi connectivity index (χ1v) is 6.09. The van der Waals surface area contributed by atoms with Crippen molar-refractivity contribution in [2.75, 3.05) is 12.5 Å². The van der Waals surface area contributed by atoms with Gasteiger partial charge in [0.1, 0.15) is 5.75 Å². The molecule has 0 amide bonds. The van der Waals surface area contributed by atoms with E-state index in [0.29, 0.717) is 17.5 Å². The summed E-state index contributed by atoms with van der Waals surface area (Å²) >= 11 is 14.9. The fourth-order valence-corrected chi connectivity index (χ4v) is 1.69. The summed E-state index contributed by atoms with van der Waals surface area (Å²) in [6.07, 6.45) is 1.92. The highest BCUT2D eigenvalue weighted by molar-refractivity contribution is 9.10. The van der Waals surface area contributed by atoms with Crippen LogP contribution in [0.5, 0.6) is 5.75 Å². The van der Waals surface area contributed by atoms with Gasteiger partial charge in [0.25, 0.3) is 0 Å². The molecule has 4 heteroatoms. The maximum atomic E-state index is 6.01. The van der Waals surface area contributed by atoms with Crippen LogP contribution in [0.2, 0.25) is 5.02 Å². The minimum Gasteiger partial charge on any atom is -0.492 e. The van der Waals surface area contributed by atoms with Crippen molar-refractivity contribution < 1.29 is 4.74 Å². The Labute approximate surface area is 102 Å². The lowest BCUT2D eigenvalue weighted by atomic mass is 10.3. The van der Waals surface area contributed by atoms with E-state index in [-0.39, 0.29) is 0 Å². The van der Waals surface area contributed by atoms with Crippen molar-refractivity contribution in [1.29, 1.82) is 0 Å². The van der Waals surface area contributed by atoms with Gasteiger partial charge in [-0.05, 0) is 40.9 Å². The Bertz CT molecular complexity index is 291. The van der Waals surface area contributed by atoms with E-state index in [1.165, 1.54) is 0 Å². The monoisotopic (exact) mass is 296 g/mol. The normalized spacial score (nSPS) is 10.2. The molecule has 0 aliphatic carbocycles. The molecule has 0 aliphatic heterocycles. The summed E-state index contributed by atoms with van der Waals surface area (Å²) in [5.41, 5.74) is 0.